The smallest absolute Gasteiger partial charge is 0.480 e. The molecule has 1 heterocycles. The van der Waals surface area contributed by atoms with Gasteiger partial charge in [0, 0.05) is 5.69 Å². The van der Waals surface area contributed by atoms with E-state index in [0.29, 0.717) is 18.7 Å². The van der Waals surface area contributed by atoms with Crippen molar-refractivity contribution >= 4 is 30.0 Å². The van der Waals surface area contributed by atoms with Crippen LogP contribution in [0.1, 0.15) is 19.3 Å². The number of rotatable bonds is 5. The number of carbonyl (C=O) groups excluding carboxylic acids is 1. The Morgan fingerprint density at radius 3 is 2.44 bits per heavy atom. The molecule has 1 unspecified atom stereocenters. The molecule has 1 aromatic rings. The molecule has 1 amide bonds. The fourth-order valence-corrected chi connectivity index (χ4v) is 2.58. The van der Waals surface area contributed by atoms with Gasteiger partial charge < -0.3 is 15.2 Å². The fraction of sp³-hybridized carbons (Fsp3) is 0.467. The van der Waals surface area contributed by atoms with E-state index in [9.17, 15) is 22.8 Å². The highest BCUT2D eigenvalue weighted by Crippen LogP contribution is 2.24. The Hall–Kier alpha value is -2.00. The number of carboxylic acid groups (broad SMARTS) is 1. The Labute approximate surface area is 148 Å². The van der Waals surface area contributed by atoms with E-state index < -0.39 is 24.3 Å². The van der Waals surface area contributed by atoms with Crippen molar-refractivity contribution in [1.82, 2.24) is 4.90 Å². The highest BCUT2D eigenvalue weighted by molar-refractivity contribution is 5.92. The Bertz CT molecular complexity index is 595. The second-order valence-corrected chi connectivity index (χ2v) is 5.44. The molecule has 0 aliphatic carbocycles. The maximum atomic E-state index is 12.1. The number of nitrogens with zero attached hydrogens (tertiary/aromatic N) is 1. The van der Waals surface area contributed by atoms with Gasteiger partial charge >= 0.3 is 12.3 Å². The summed E-state index contributed by atoms with van der Waals surface area (Å²) in [6.45, 7) is 0.431. The van der Waals surface area contributed by atoms with Crippen LogP contribution in [0.15, 0.2) is 24.3 Å². The molecule has 0 aromatic heterocycles. The van der Waals surface area contributed by atoms with Gasteiger partial charge in [-0.25, -0.2) is 0 Å². The first-order chi connectivity index (χ1) is 11.2. The average molecular weight is 383 g/mol. The minimum absolute atomic E-state index is 0. The van der Waals surface area contributed by atoms with Crippen molar-refractivity contribution in [3.63, 3.8) is 0 Å². The van der Waals surface area contributed by atoms with Crippen molar-refractivity contribution in [1.29, 1.82) is 0 Å². The van der Waals surface area contributed by atoms with E-state index in [2.05, 4.69) is 10.1 Å². The standard InChI is InChI=1S/C15H17F3N2O4.ClH/c16-15(17,18)24-11-6-4-10(5-7-11)19-13(21)9-20-8-2-1-3-12(20)14(22)23;/h4-7,12H,1-3,8-9H2,(H,19,21)(H,22,23);1H. The molecule has 25 heavy (non-hydrogen) atoms. The number of hydrogen-bond acceptors (Lipinski definition) is 4. The normalized spacial score (nSPS) is 18.1. The predicted molar refractivity (Wildman–Crippen MR) is 85.9 cm³/mol. The second-order valence-electron chi connectivity index (χ2n) is 5.44. The molecule has 1 aliphatic rings. The first-order valence-corrected chi connectivity index (χ1v) is 7.37. The molecule has 2 rings (SSSR count). The third-order valence-electron chi connectivity index (χ3n) is 3.62. The summed E-state index contributed by atoms with van der Waals surface area (Å²) in [5.74, 6) is -1.77. The summed E-state index contributed by atoms with van der Waals surface area (Å²) in [4.78, 5) is 24.8. The number of amides is 1. The minimum atomic E-state index is -4.77. The number of anilines is 1. The van der Waals surface area contributed by atoms with E-state index >= 15 is 0 Å². The van der Waals surface area contributed by atoms with Gasteiger partial charge in [0.05, 0.1) is 6.54 Å². The molecular weight excluding hydrogens is 365 g/mol. The highest BCUT2D eigenvalue weighted by atomic mass is 35.5. The van der Waals surface area contributed by atoms with Gasteiger partial charge in [-0.1, -0.05) is 6.42 Å². The summed E-state index contributed by atoms with van der Waals surface area (Å²) in [7, 11) is 0. The van der Waals surface area contributed by atoms with Crippen LogP contribution in [0.25, 0.3) is 0 Å². The molecule has 2 N–H and O–H groups in total. The van der Waals surface area contributed by atoms with Gasteiger partial charge in [0.2, 0.25) is 5.91 Å². The van der Waals surface area contributed by atoms with Crippen LogP contribution in [-0.2, 0) is 9.59 Å². The molecule has 1 aromatic carbocycles. The van der Waals surface area contributed by atoms with Crippen LogP contribution in [0.5, 0.6) is 5.75 Å². The third-order valence-corrected chi connectivity index (χ3v) is 3.62. The highest BCUT2D eigenvalue weighted by Gasteiger charge is 2.31. The van der Waals surface area contributed by atoms with Crippen LogP contribution in [0, 0.1) is 0 Å². The predicted octanol–water partition coefficient (Wildman–Crippen LogP) is 2.88. The molecule has 0 bridgehead atoms. The molecule has 0 saturated carbocycles. The van der Waals surface area contributed by atoms with E-state index in [1.54, 1.807) is 4.90 Å². The summed E-state index contributed by atoms with van der Waals surface area (Å²) >= 11 is 0. The zero-order valence-electron chi connectivity index (χ0n) is 13.1. The number of nitrogens with one attached hydrogen (secondary N) is 1. The van der Waals surface area contributed by atoms with Gasteiger partial charge in [0.25, 0.3) is 0 Å². The van der Waals surface area contributed by atoms with Crippen LogP contribution in [0.3, 0.4) is 0 Å². The van der Waals surface area contributed by atoms with E-state index in [1.165, 1.54) is 12.1 Å². The summed E-state index contributed by atoms with van der Waals surface area (Å²) < 4.78 is 39.9. The molecule has 1 saturated heterocycles. The molecule has 10 heteroatoms. The van der Waals surface area contributed by atoms with Crippen molar-refractivity contribution in [2.45, 2.75) is 31.7 Å². The number of alkyl halides is 3. The number of halogens is 4. The lowest BCUT2D eigenvalue weighted by molar-refractivity contribution is -0.274. The molecule has 0 radical (unpaired) electrons. The topological polar surface area (TPSA) is 78.9 Å². The van der Waals surface area contributed by atoms with Crippen molar-refractivity contribution in [2.24, 2.45) is 0 Å². The lowest BCUT2D eigenvalue weighted by Gasteiger charge is -2.32. The number of carbonyl (C=O) groups is 2. The monoisotopic (exact) mass is 382 g/mol. The lowest BCUT2D eigenvalue weighted by atomic mass is 10.0. The lowest BCUT2D eigenvalue weighted by Crippen LogP contribution is -2.47. The van der Waals surface area contributed by atoms with E-state index in [4.69, 9.17) is 5.11 Å². The van der Waals surface area contributed by atoms with Crippen molar-refractivity contribution in [3.05, 3.63) is 24.3 Å². The molecule has 140 valence electrons. The first-order valence-electron chi connectivity index (χ1n) is 7.37. The fourth-order valence-electron chi connectivity index (χ4n) is 2.58. The van der Waals surface area contributed by atoms with Gasteiger partial charge in [-0.05, 0) is 43.7 Å². The Morgan fingerprint density at radius 1 is 1.24 bits per heavy atom. The van der Waals surface area contributed by atoms with Crippen LogP contribution in [-0.4, -0.2) is 47.4 Å². The number of carboxylic acids is 1. The Balaban J connectivity index is 0.00000312. The number of ether oxygens (including phenoxy) is 1. The first kappa shape index (κ1) is 21.0. The number of hydrogen-bond donors (Lipinski definition) is 2. The summed E-state index contributed by atoms with van der Waals surface area (Å²) in [5, 5.41) is 11.7. The van der Waals surface area contributed by atoms with Crippen LogP contribution in [0.2, 0.25) is 0 Å². The van der Waals surface area contributed by atoms with Crippen molar-refractivity contribution < 1.29 is 32.6 Å². The average Bonchev–Trinajstić information content (AvgIpc) is 2.48. The Kier molecular flexibility index (Phi) is 7.50. The number of benzene rings is 1. The minimum Gasteiger partial charge on any atom is -0.480 e. The summed E-state index contributed by atoms with van der Waals surface area (Å²) in [6.07, 6.45) is -2.66. The number of likely N-dealkylation sites (tertiary alicyclic amines) is 1. The zero-order chi connectivity index (χ0) is 17.7. The van der Waals surface area contributed by atoms with Crippen LogP contribution >= 0.6 is 12.4 Å². The maximum absolute atomic E-state index is 12.1. The maximum Gasteiger partial charge on any atom is 0.573 e. The largest absolute Gasteiger partial charge is 0.573 e. The van der Waals surface area contributed by atoms with E-state index in [0.717, 1.165) is 25.0 Å². The summed E-state index contributed by atoms with van der Waals surface area (Å²) in [5.41, 5.74) is 0.304. The molecule has 1 atom stereocenters. The quantitative estimate of drug-likeness (QED) is 0.818. The molecule has 0 spiro atoms. The summed E-state index contributed by atoms with van der Waals surface area (Å²) in [6, 6.07) is 4.05. The van der Waals surface area contributed by atoms with Gasteiger partial charge in [-0.2, -0.15) is 0 Å². The zero-order valence-corrected chi connectivity index (χ0v) is 13.9. The number of aliphatic carboxylic acids is 1. The van der Waals surface area contributed by atoms with Crippen molar-refractivity contribution in [3.8, 4) is 5.75 Å². The van der Waals surface area contributed by atoms with Crippen LogP contribution < -0.4 is 10.1 Å². The van der Waals surface area contributed by atoms with Gasteiger partial charge in [0.1, 0.15) is 11.8 Å². The number of piperidine rings is 1. The Morgan fingerprint density at radius 2 is 1.88 bits per heavy atom. The molecule has 6 nitrogen and oxygen atoms in total. The van der Waals surface area contributed by atoms with E-state index in [1.807, 2.05) is 0 Å². The second kappa shape index (κ2) is 8.91. The molecule has 1 fully saturated rings. The van der Waals surface area contributed by atoms with Gasteiger partial charge in [-0.15, -0.1) is 25.6 Å². The van der Waals surface area contributed by atoms with Gasteiger partial charge in [0.15, 0.2) is 0 Å². The van der Waals surface area contributed by atoms with Gasteiger partial charge in [-0.3, -0.25) is 14.5 Å². The van der Waals surface area contributed by atoms with Crippen molar-refractivity contribution in [2.75, 3.05) is 18.4 Å². The third kappa shape index (κ3) is 6.79. The van der Waals surface area contributed by atoms with Crippen LogP contribution in [0.4, 0.5) is 18.9 Å². The molecular formula is C15H18ClF3N2O4. The SMILES string of the molecule is Cl.O=C(CN1CCCCC1C(=O)O)Nc1ccc(OC(F)(F)F)cc1. The van der Waals surface area contributed by atoms with E-state index in [-0.39, 0.29) is 24.7 Å². The molecule has 1 aliphatic heterocycles.